The third kappa shape index (κ3) is 4.74. The summed E-state index contributed by atoms with van der Waals surface area (Å²) in [6.45, 7) is 2.08. The fraction of sp³-hybridized carbons (Fsp3) is 0.105. The molecule has 2 aromatic rings. The number of esters is 1. The van der Waals surface area contributed by atoms with Crippen LogP contribution in [0.5, 0.6) is 0 Å². The molecule has 0 aliphatic rings. The summed E-state index contributed by atoms with van der Waals surface area (Å²) in [5.41, 5.74) is 14.9. The number of ether oxygens (including phenoxy) is 1. The van der Waals surface area contributed by atoms with Crippen molar-refractivity contribution in [1.29, 1.82) is 0 Å². The maximum Gasteiger partial charge on any atom is 0.339 e. The average Bonchev–Trinajstić information content (AvgIpc) is 2.55. The third-order valence-corrected chi connectivity index (χ3v) is 3.20. The molecule has 0 radical (unpaired) electrons. The maximum absolute atomic E-state index is 12.2. The standard InChI is InChI=1S/C19H20N2O2/c1-2-4-15-8-11-17(21)13-18(15)19(22)23-12-3-5-14-6-9-16(20)10-7-14/h2-11,13H,12,20-21H2,1H3/b4-2+,5-3+. The van der Waals surface area contributed by atoms with Crippen molar-refractivity contribution in [2.75, 3.05) is 18.1 Å². The van der Waals surface area contributed by atoms with Crippen molar-refractivity contribution < 1.29 is 9.53 Å². The zero-order chi connectivity index (χ0) is 16.7. The Kier molecular flexibility index (Phi) is 5.58. The highest BCUT2D eigenvalue weighted by Crippen LogP contribution is 2.16. The van der Waals surface area contributed by atoms with E-state index in [0.717, 1.165) is 11.1 Å². The lowest BCUT2D eigenvalue weighted by Gasteiger charge is -2.07. The van der Waals surface area contributed by atoms with Gasteiger partial charge >= 0.3 is 5.97 Å². The minimum atomic E-state index is -0.396. The van der Waals surface area contributed by atoms with E-state index in [1.807, 2.05) is 49.4 Å². The van der Waals surface area contributed by atoms with Crippen LogP contribution in [0.2, 0.25) is 0 Å². The van der Waals surface area contributed by atoms with E-state index in [1.54, 1.807) is 24.3 Å². The molecule has 0 bridgehead atoms. The van der Waals surface area contributed by atoms with Crippen molar-refractivity contribution in [1.82, 2.24) is 0 Å². The molecule has 4 N–H and O–H groups in total. The van der Waals surface area contributed by atoms with Gasteiger partial charge in [-0.25, -0.2) is 4.79 Å². The first-order valence-electron chi connectivity index (χ1n) is 7.31. The molecule has 2 aromatic carbocycles. The van der Waals surface area contributed by atoms with Crippen LogP contribution in [0.3, 0.4) is 0 Å². The summed E-state index contributed by atoms with van der Waals surface area (Å²) in [5, 5.41) is 0. The molecule has 0 aliphatic heterocycles. The van der Waals surface area contributed by atoms with Crippen LogP contribution in [0.15, 0.2) is 54.6 Å². The second kappa shape index (κ2) is 7.84. The zero-order valence-electron chi connectivity index (χ0n) is 13.0. The average molecular weight is 308 g/mol. The molecule has 0 unspecified atom stereocenters. The Morgan fingerprint density at radius 2 is 1.74 bits per heavy atom. The maximum atomic E-state index is 12.2. The van der Waals surface area contributed by atoms with E-state index in [2.05, 4.69) is 0 Å². The van der Waals surface area contributed by atoms with E-state index >= 15 is 0 Å². The predicted molar refractivity (Wildman–Crippen MR) is 95.7 cm³/mol. The van der Waals surface area contributed by atoms with Crippen molar-refractivity contribution >= 4 is 29.5 Å². The molecule has 0 amide bonds. The summed E-state index contributed by atoms with van der Waals surface area (Å²) in [6, 6.07) is 12.6. The first-order valence-corrected chi connectivity index (χ1v) is 7.31. The number of benzene rings is 2. The highest BCUT2D eigenvalue weighted by atomic mass is 16.5. The normalized spacial score (nSPS) is 11.2. The van der Waals surface area contributed by atoms with Gasteiger partial charge < -0.3 is 16.2 Å². The molecule has 0 fully saturated rings. The summed E-state index contributed by atoms with van der Waals surface area (Å²) >= 11 is 0. The Hall–Kier alpha value is -3.01. The molecule has 2 rings (SSSR count). The molecule has 118 valence electrons. The Balaban J connectivity index is 1.99. The Morgan fingerprint density at radius 3 is 2.43 bits per heavy atom. The smallest absolute Gasteiger partial charge is 0.339 e. The van der Waals surface area contributed by atoms with E-state index in [0.29, 0.717) is 16.9 Å². The molecule has 23 heavy (non-hydrogen) atoms. The van der Waals surface area contributed by atoms with Crippen LogP contribution >= 0.6 is 0 Å². The number of carbonyl (C=O) groups excluding carboxylic acids is 1. The van der Waals surface area contributed by atoms with E-state index in [-0.39, 0.29) is 6.61 Å². The molecule has 4 nitrogen and oxygen atoms in total. The summed E-state index contributed by atoms with van der Waals surface area (Å²) in [4.78, 5) is 12.2. The molecular formula is C19H20N2O2. The van der Waals surface area contributed by atoms with Gasteiger partial charge in [-0.3, -0.25) is 0 Å². The minimum absolute atomic E-state index is 0.188. The second-order valence-electron chi connectivity index (χ2n) is 5.01. The second-order valence-corrected chi connectivity index (χ2v) is 5.01. The lowest BCUT2D eigenvalue weighted by Crippen LogP contribution is -2.07. The van der Waals surface area contributed by atoms with Gasteiger partial charge in [0, 0.05) is 11.4 Å². The predicted octanol–water partition coefficient (Wildman–Crippen LogP) is 3.75. The fourth-order valence-corrected chi connectivity index (χ4v) is 2.07. The van der Waals surface area contributed by atoms with Gasteiger partial charge in [-0.2, -0.15) is 0 Å². The van der Waals surface area contributed by atoms with Gasteiger partial charge in [0.2, 0.25) is 0 Å². The fourth-order valence-electron chi connectivity index (χ4n) is 2.07. The van der Waals surface area contributed by atoms with Gasteiger partial charge in [-0.05, 0) is 48.4 Å². The summed E-state index contributed by atoms with van der Waals surface area (Å²) in [7, 11) is 0. The highest BCUT2D eigenvalue weighted by Gasteiger charge is 2.11. The lowest BCUT2D eigenvalue weighted by molar-refractivity contribution is 0.0550. The highest BCUT2D eigenvalue weighted by molar-refractivity contribution is 5.94. The van der Waals surface area contributed by atoms with Crippen LogP contribution < -0.4 is 11.5 Å². The monoisotopic (exact) mass is 308 g/mol. The number of carbonyl (C=O) groups is 1. The van der Waals surface area contributed by atoms with Gasteiger partial charge in [-0.1, -0.05) is 36.4 Å². The van der Waals surface area contributed by atoms with Gasteiger partial charge in [0.1, 0.15) is 6.61 Å². The van der Waals surface area contributed by atoms with Crippen LogP contribution in [-0.2, 0) is 4.74 Å². The van der Waals surface area contributed by atoms with Crippen molar-refractivity contribution in [2.24, 2.45) is 0 Å². The van der Waals surface area contributed by atoms with Crippen molar-refractivity contribution in [3.05, 3.63) is 71.3 Å². The van der Waals surface area contributed by atoms with Crippen LogP contribution in [0, 0.1) is 0 Å². The van der Waals surface area contributed by atoms with Crippen LogP contribution in [0.4, 0.5) is 11.4 Å². The number of nitrogen functional groups attached to an aromatic ring is 2. The zero-order valence-corrected chi connectivity index (χ0v) is 13.0. The first kappa shape index (κ1) is 16.4. The molecule has 0 aromatic heterocycles. The van der Waals surface area contributed by atoms with Crippen LogP contribution in [0.1, 0.15) is 28.4 Å². The van der Waals surface area contributed by atoms with Crippen molar-refractivity contribution in [3.8, 4) is 0 Å². The SMILES string of the molecule is C/C=C/c1ccc(N)cc1C(=O)OC/C=C/c1ccc(N)cc1. The number of hydrogen-bond donors (Lipinski definition) is 2. The first-order chi connectivity index (χ1) is 11.1. The quantitative estimate of drug-likeness (QED) is 0.651. The number of anilines is 2. The van der Waals surface area contributed by atoms with E-state index in [1.165, 1.54) is 0 Å². The van der Waals surface area contributed by atoms with Crippen LogP contribution in [0.25, 0.3) is 12.2 Å². The number of nitrogens with two attached hydrogens (primary N) is 2. The third-order valence-electron chi connectivity index (χ3n) is 3.20. The van der Waals surface area contributed by atoms with Gasteiger partial charge in [0.25, 0.3) is 0 Å². The Bertz CT molecular complexity index is 732. The van der Waals surface area contributed by atoms with Gasteiger partial charge in [-0.15, -0.1) is 0 Å². The molecule has 0 saturated heterocycles. The molecular weight excluding hydrogens is 288 g/mol. The number of allylic oxidation sites excluding steroid dienone is 1. The summed E-state index contributed by atoms with van der Waals surface area (Å²) in [5.74, 6) is -0.396. The molecule has 0 spiro atoms. The Morgan fingerprint density at radius 1 is 1.04 bits per heavy atom. The van der Waals surface area contributed by atoms with Crippen LogP contribution in [-0.4, -0.2) is 12.6 Å². The van der Waals surface area contributed by atoms with Crippen molar-refractivity contribution in [3.63, 3.8) is 0 Å². The molecule has 0 aliphatic carbocycles. The van der Waals surface area contributed by atoms with E-state index < -0.39 is 5.97 Å². The van der Waals surface area contributed by atoms with Gasteiger partial charge in [0.15, 0.2) is 0 Å². The largest absolute Gasteiger partial charge is 0.458 e. The summed E-state index contributed by atoms with van der Waals surface area (Å²) < 4.78 is 5.28. The molecule has 0 heterocycles. The van der Waals surface area contributed by atoms with Crippen molar-refractivity contribution in [2.45, 2.75) is 6.92 Å². The molecule has 0 atom stereocenters. The van der Waals surface area contributed by atoms with E-state index in [4.69, 9.17) is 16.2 Å². The number of hydrogen-bond acceptors (Lipinski definition) is 4. The lowest BCUT2D eigenvalue weighted by atomic mass is 10.1. The topological polar surface area (TPSA) is 78.3 Å². The molecule has 0 saturated carbocycles. The summed E-state index contributed by atoms with van der Waals surface area (Å²) in [6.07, 6.45) is 7.37. The molecule has 4 heteroatoms. The van der Waals surface area contributed by atoms with Gasteiger partial charge in [0.05, 0.1) is 5.56 Å². The van der Waals surface area contributed by atoms with E-state index in [9.17, 15) is 4.79 Å². The number of rotatable bonds is 5. The minimum Gasteiger partial charge on any atom is -0.458 e. The Labute approximate surface area is 136 Å².